The average Bonchev–Trinajstić information content (AvgIpc) is 2.41. The van der Waals surface area contributed by atoms with Crippen LogP contribution >= 0.6 is 0 Å². The maximum atomic E-state index is 9.71. The van der Waals surface area contributed by atoms with E-state index in [1.54, 1.807) is 0 Å². The quantitative estimate of drug-likeness (QED) is 0.551. The first-order chi connectivity index (χ1) is 5.62. The SMILES string of the molecule is C[C@@H]1O[C@@]2(CO)[C@@H](C)O[C@@H]1[C@@H]2O. The highest BCUT2D eigenvalue weighted by molar-refractivity contribution is 5.10. The molecule has 2 aliphatic rings. The summed E-state index contributed by atoms with van der Waals surface area (Å²) in [5, 5.41) is 18.8. The van der Waals surface area contributed by atoms with E-state index in [2.05, 4.69) is 0 Å². The Balaban J connectivity index is 2.30. The molecule has 0 saturated carbocycles. The molecule has 0 unspecified atom stereocenters. The fourth-order valence-electron chi connectivity index (χ4n) is 2.15. The van der Waals surface area contributed by atoms with Gasteiger partial charge in [-0.25, -0.2) is 0 Å². The van der Waals surface area contributed by atoms with Gasteiger partial charge in [0.2, 0.25) is 0 Å². The normalized spacial score (nSPS) is 58.0. The van der Waals surface area contributed by atoms with Crippen LogP contribution in [0.5, 0.6) is 0 Å². The van der Waals surface area contributed by atoms with Crippen molar-refractivity contribution in [1.29, 1.82) is 0 Å². The van der Waals surface area contributed by atoms with Gasteiger partial charge < -0.3 is 19.7 Å². The Morgan fingerprint density at radius 3 is 2.42 bits per heavy atom. The molecule has 0 amide bonds. The molecule has 70 valence electrons. The molecule has 0 aromatic heterocycles. The van der Waals surface area contributed by atoms with Crippen molar-refractivity contribution in [3.05, 3.63) is 0 Å². The van der Waals surface area contributed by atoms with Gasteiger partial charge in [0.05, 0.1) is 18.8 Å². The molecule has 0 aromatic carbocycles. The van der Waals surface area contributed by atoms with Crippen LogP contribution in [0.25, 0.3) is 0 Å². The van der Waals surface area contributed by atoms with Crippen molar-refractivity contribution in [2.75, 3.05) is 6.61 Å². The van der Waals surface area contributed by atoms with Gasteiger partial charge in [0.15, 0.2) is 0 Å². The first-order valence-electron chi connectivity index (χ1n) is 4.24. The van der Waals surface area contributed by atoms with Gasteiger partial charge in [-0.3, -0.25) is 0 Å². The van der Waals surface area contributed by atoms with Gasteiger partial charge in [-0.2, -0.15) is 0 Å². The lowest BCUT2D eigenvalue weighted by Crippen LogP contribution is -2.49. The maximum Gasteiger partial charge on any atom is 0.146 e. The number of ether oxygens (including phenoxy) is 2. The monoisotopic (exact) mass is 174 g/mol. The van der Waals surface area contributed by atoms with Gasteiger partial charge in [-0.05, 0) is 13.8 Å². The molecule has 0 aromatic rings. The predicted molar refractivity (Wildman–Crippen MR) is 40.7 cm³/mol. The van der Waals surface area contributed by atoms with Gasteiger partial charge >= 0.3 is 0 Å². The van der Waals surface area contributed by atoms with Crippen molar-refractivity contribution < 1.29 is 19.7 Å². The summed E-state index contributed by atoms with van der Waals surface area (Å²) in [6, 6.07) is 0. The molecule has 2 rings (SSSR count). The molecule has 0 aliphatic carbocycles. The van der Waals surface area contributed by atoms with Crippen LogP contribution < -0.4 is 0 Å². The van der Waals surface area contributed by atoms with Crippen LogP contribution in [-0.2, 0) is 9.47 Å². The maximum absolute atomic E-state index is 9.71. The standard InChI is InChI=1S/C8H14O4/c1-4-6-7(10)8(3-9,12-4)5(2)11-6/h4-7,9-10H,3H2,1-2H3/t4-,5+,6-,7-,8-/m0/s1. The fraction of sp³-hybridized carbons (Fsp3) is 1.00. The molecule has 0 radical (unpaired) electrons. The van der Waals surface area contributed by atoms with Crippen LogP contribution in [-0.4, -0.2) is 46.8 Å². The fourth-order valence-corrected chi connectivity index (χ4v) is 2.15. The van der Waals surface area contributed by atoms with Gasteiger partial charge in [0, 0.05) is 0 Å². The molecular weight excluding hydrogens is 160 g/mol. The molecule has 2 aliphatic heterocycles. The molecule has 4 nitrogen and oxygen atoms in total. The molecule has 2 fully saturated rings. The molecule has 2 saturated heterocycles. The minimum Gasteiger partial charge on any atom is -0.393 e. The van der Waals surface area contributed by atoms with Crippen LogP contribution in [0.1, 0.15) is 13.8 Å². The highest BCUT2D eigenvalue weighted by Crippen LogP contribution is 2.43. The zero-order valence-electron chi connectivity index (χ0n) is 7.23. The number of hydrogen-bond acceptors (Lipinski definition) is 4. The summed E-state index contributed by atoms with van der Waals surface area (Å²) in [6.07, 6.45) is -1.30. The second-order valence-corrected chi connectivity index (χ2v) is 3.62. The summed E-state index contributed by atoms with van der Waals surface area (Å²) >= 11 is 0. The Morgan fingerprint density at radius 2 is 2.08 bits per heavy atom. The number of hydrogen-bond donors (Lipinski definition) is 2. The third-order valence-corrected chi connectivity index (χ3v) is 2.98. The number of fused-ring (bicyclic) bond motifs is 2. The number of aliphatic hydroxyl groups is 2. The summed E-state index contributed by atoms with van der Waals surface area (Å²) in [5.74, 6) is 0. The minimum atomic E-state index is -0.871. The molecule has 2 N–H and O–H groups in total. The average molecular weight is 174 g/mol. The molecule has 4 heteroatoms. The Hall–Kier alpha value is -0.160. The van der Waals surface area contributed by atoms with Crippen LogP contribution in [0.3, 0.4) is 0 Å². The summed E-state index contributed by atoms with van der Waals surface area (Å²) in [4.78, 5) is 0. The topological polar surface area (TPSA) is 58.9 Å². The van der Waals surface area contributed by atoms with E-state index in [0.29, 0.717) is 0 Å². The van der Waals surface area contributed by atoms with E-state index in [4.69, 9.17) is 14.6 Å². The van der Waals surface area contributed by atoms with Crippen LogP contribution in [0.4, 0.5) is 0 Å². The lowest BCUT2D eigenvalue weighted by molar-refractivity contribution is -0.189. The van der Waals surface area contributed by atoms with Crippen LogP contribution in [0.15, 0.2) is 0 Å². The first kappa shape index (κ1) is 8.44. The van der Waals surface area contributed by atoms with Gasteiger partial charge in [0.25, 0.3) is 0 Å². The van der Waals surface area contributed by atoms with Crippen molar-refractivity contribution in [3.63, 3.8) is 0 Å². The van der Waals surface area contributed by atoms with E-state index in [0.717, 1.165) is 0 Å². The number of aliphatic hydroxyl groups excluding tert-OH is 2. The van der Waals surface area contributed by atoms with Gasteiger partial charge in [-0.1, -0.05) is 0 Å². The van der Waals surface area contributed by atoms with Crippen molar-refractivity contribution in [2.24, 2.45) is 0 Å². The van der Waals surface area contributed by atoms with Crippen molar-refractivity contribution in [2.45, 2.75) is 43.9 Å². The zero-order valence-corrected chi connectivity index (χ0v) is 7.23. The Labute approximate surface area is 71.1 Å². The summed E-state index contributed by atoms with van der Waals surface area (Å²) in [6.45, 7) is 3.47. The Bertz CT molecular complexity index is 195. The summed E-state index contributed by atoms with van der Waals surface area (Å²) in [5.41, 5.74) is -0.871. The van der Waals surface area contributed by atoms with Gasteiger partial charge in [-0.15, -0.1) is 0 Å². The minimum absolute atomic E-state index is 0.122. The van der Waals surface area contributed by atoms with E-state index >= 15 is 0 Å². The molecular formula is C8H14O4. The molecule has 2 heterocycles. The molecule has 12 heavy (non-hydrogen) atoms. The summed E-state index contributed by atoms with van der Waals surface area (Å²) in [7, 11) is 0. The second kappa shape index (κ2) is 2.42. The van der Waals surface area contributed by atoms with Crippen molar-refractivity contribution >= 4 is 0 Å². The van der Waals surface area contributed by atoms with Crippen molar-refractivity contribution in [1.82, 2.24) is 0 Å². The van der Waals surface area contributed by atoms with E-state index < -0.39 is 11.7 Å². The highest BCUT2D eigenvalue weighted by Gasteiger charge is 2.63. The molecule has 2 bridgehead atoms. The summed E-state index contributed by atoms with van der Waals surface area (Å²) < 4.78 is 10.9. The van der Waals surface area contributed by atoms with E-state index in [-0.39, 0.29) is 24.9 Å². The third-order valence-electron chi connectivity index (χ3n) is 2.98. The first-order valence-corrected chi connectivity index (χ1v) is 4.24. The lowest BCUT2D eigenvalue weighted by Gasteiger charge is -2.32. The van der Waals surface area contributed by atoms with E-state index in [1.165, 1.54) is 0 Å². The predicted octanol–water partition coefficient (Wildman–Crippen LogP) is -0.716. The van der Waals surface area contributed by atoms with Crippen LogP contribution in [0.2, 0.25) is 0 Å². The zero-order chi connectivity index (χ0) is 8.93. The smallest absolute Gasteiger partial charge is 0.146 e. The molecule has 0 spiro atoms. The third kappa shape index (κ3) is 0.758. The van der Waals surface area contributed by atoms with Crippen LogP contribution in [0, 0.1) is 0 Å². The van der Waals surface area contributed by atoms with Crippen molar-refractivity contribution in [3.8, 4) is 0 Å². The Morgan fingerprint density at radius 1 is 1.42 bits per heavy atom. The van der Waals surface area contributed by atoms with E-state index in [9.17, 15) is 5.11 Å². The second-order valence-electron chi connectivity index (χ2n) is 3.62. The van der Waals surface area contributed by atoms with E-state index in [1.807, 2.05) is 13.8 Å². The largest absolute Gasteiger partial charge is 0.393 e. The number of rotatable bonds is 1. The molecule has 5 atom stereocenters. The Kier molecular flexibility index (Phi) is 1.70. The lowest BCUT2D eigenvalue weighted by atomic mass is 9.94. The van der Waals surface area contributed by atoms with Gasteiger partial charge in [0.1, 0.15) is 17.8 Å². The highest BCUT2D eigenvalue weighted by atomic mass is 16.6.